The average molecular weight is 680 g/mol. The molecule has 1 aliphatic carbocycles. The van der Waals surface area contributed by atoms with Crippen molar-refractivity contribution in [3.63, 3.8) is 0 Å². The maximum atomic E-state index is 14.3. The van der Waals surface area contributed by atoms with Crippen LogP contribution in [0.1, 0.15) is 83.5 Å². The lowest BCUT2D eigenvalue weighted by Crippen LogP contribution is -2.61. The van der Waals surface area contributed by atoms with Gasteiger partial charge in [0.25, 0.3) is 5.91 Å². The third-order valence-corrected chi connectivity index (χ3v) is 11.4. The highest BCUT2D eigenvalue weighted by atomic mass is 19.1. The smallest absolute Gasteiger partial charge is 0.318 e. The predicted octanol–water partition coefficient (Wildman–Crippen LogP) is 5.56. The lowest BCUT2D eigenvalue weighted by atomic mass is 9.71. The largest absolute Gasteiger partial charge is 0.451 e. The fourth-order valence-electron chi connectivity index (χ4n) is 8.33. The van der Waals surface area contributed by atoms with Crippen LogP contribution in [0.4, 0.5) is 15.0 Å². The number of aromatic nitrogens is 2. The number of benzene rings is 1. The van der Waals surface area contributed by atoms with Crippen LogP contribution in [0, 0.1) is 17.2 Å². The number of piperidine rings is 1. The number of halogens is 1. The summed E-state index contributed by atoms with van der Waals surface area (Å²) in [5, 5.41) is 3.34. The van der Waals surface area contributed by atoms with Gasteiger partial charge < -0.3 is 34.4 Å². The third-order valence-electron chi connectivity index (χ3n) is 11.4. The fraction of sp³-hybridized carbons (Fsp3) is 0.676. The van der Waals surface area contributed by atoms with E-state index in [-0.39, 0.29) is 40.1 Å². The van der Waals surface area contributed by atoms with Gasteiger partial charge in [0.2, 0.25) is 0 Å². The molecule has 0 atom stereocenters. The SMILES string of the molecule is CCN(C(=O)c1cc(F)ccc1Oc1cncnc1N1CC2(CCN(CC3CCC4(CC3)CN(CC(C)(C)OC)C(=O)N4)CC2)C1)C(C)C. The van der Waals surface area contributed by atoms with Crippen LogP contribution in [0.25, 0.3) is 0 Å². The molecule has 12 heteroatoms. The van der Waals surface area contributed by atoms with Crippen LogP contribution < -0.4 is 15.0 Å². The number of ether oxygens (including phenoxy) is 2. The van der Waals surface area contributed by atoms with Crippen LogP contribution in [0.2, 0.25) is 0 Å². The molecule has 11 nitrogen and oxygen atoms in total. The number of carbonyl (C=O) groups excluding carboxylic acids is 2. The minimum Gasteiger partial charge on any atom is -0.451 e. The van der Waals surface area contributed by atoms with Crippen molar-refractivity contribution in [3.8, 4) is 11.5 Å². The quantitative estimate of drug-likeness (QED) is 0.330. The summed E-state index contributed by atoms with van der Waals surface area (Å²) in [5.74, 6) is 1.35. The lowest BCUT2D eigenvalue weighted by molar-refractivity contribution is 0.00199. The van der Waals surface area contributed by atoms with Crippen molar-refractivity contribution in [2.45, 2.75) is 90.3 Å². The molecule has 268 valence electrons. The summed E-state index contributed by atoms with van der Waals surface area (Å²) < 4.78 is 26.2. The summed E-state index contributed by atoms with van der Waals surface area (Å²) in [4.78, 5) is 43.4. The van der Waals surface area contributed by atoms with E-state index in [0.29, 0.717) is 36.3 Å². The van der Waals surface area contributed by atoms with Gasteiger partial charge in [0.15, 0.2) is 11.6 Å². The number of carbonyl (C=O) groups is 2. The zero-order chi connectivity index (χ0) is 35.0. The van der Waals surface area contributed by atoms with Crippen LogP contribution in [0.3, 0.4) is 0 Å². The average Bonchev–Trinajstić information content (AvgIpc) is 3.35. The first-order valence-electron chi connectivity index (χ1n) is 18.0. The summed E-state index contributed by atoms with van der Waals surface area (Å²) in [7, 11) is 1.70. The van der Waals surface area contributed by atoms with Crippen LogP contribution in [0.5, 0.6) is 11.5 Å². The van der Waals surface area contributed by atoms with Crippen molar-refractivity contribution < 1.29 is 23.5 Å². The predicted molar refractivity (Wildman–Crippen MR) is 187 cm³/mol. The number of methoxy groups -OCH3 is 1. The monoisotopic (exact) mass is 679 g/mol. The Morgan fingerprint density at radius 3 is 2.49 bits per heavy atom. The zero-order valence-electron chi connectivity index (χ0n) is 30.1. The van der Waals surface area contributed by atoms with Crippen molar-refractivity contribution in [3.05, 3.63) is 42.1 Å². The number of nitrogens with one attached hydrogen (secondary N) is 1. The van der Waals surface area contributed by atoms with Crippen molar-refractivity contribution in [1.29, 1.82) is 0 Å². The van der Waals surface area contributed by atoms with E-state index in [1.165, 1.54) is 24.5 Å². The topological polar surface area (TPSA) is 103 Å². The van der Waals surface area contributed by atoms with Crippen molar-refractivity contribution in [1.82, 2.24) is 30.0 Å². The summed E-state index contributed by atoms with van der Waals surface area (Å²) in [6.07, 6.45) is 9.77. The van der Waals surface area contributed by atoms with Gasteiger partial charge in [-0.2, -0.15) is 0 Å². The van der Waals surface area contributed by atoms with Gasteiger partial charge in [0.1, 0.15) is 17.9 Å². The molecule has 1 aromatic heterocycles. The molecule has 3 aliphatic heterocycles. The number of amides is 3. The summed E-state index contributed by atoms with van der Waals surface area (Å²) in [6, 6.07) is 4.07. The van der Waals surface area contributed by atoms with Gasteiger partial charge in [0.05, 0.1) is 29.4 Å². The molecule has 0 bridgehead atoms. The highest BCUT2D eigenvalue weighted by Gasteiger charge is 2.48. The number of nitrogens with zero attached hydrogens (tertiary/aromatic N) is 6. The van der Waals surface area contributed by atoms with E-state index in [4.69, 9.17) is 9.47 Å². The van der Waals surface area contributed by atoms with Crippen LogP contribution in [-0.4, -0.2) is 113 Å². The second-order valence-electron chi connectivity index (χ2n) is 15.8. The normalized spacial score (nSPS) is 24.0. The maximum absolute atomic E-state index is 14.3. The lowest BCUT2D eigenvalue weighted by Gasteiger charge is -2.55. The molecule has 0 radical (unpaired) electrons. The van der Waals surface area contributed by atoms with Crippen LogP contribution >= 0.6 is 0 Å². The molecule has 1 saturated carbocycles. The van der Waals surface area contributed by atoms with Crippen molar-refractivity contribution in [2.24, 2.45) is 11.3 Å². The molecule has 49 heavy (non-hydrogen) atoms. The first-order chi connectivity index (χ1) is 23.3. The number of hydrogen-bond acceptors (Lipinski definition) is 8. The van der Waals surface area contributed by atoms with Crippen LogP contribution in [0.15, 0.2) is 30.7 Å². The van der Waals surface area contributed by atoms with Gasteiger partial charge in [-0.1, -0.05) is 0 Å². The van der Waals surface area contributed by atoms with E-state index in [2.05, 4.69) is 25.1 Å². The molecule has 4 fully saturated rings. The molecular weight excluding hydrogens is 625 g/mol. The number of hydrogen-bond donors (Lipinski definition) is 1. The molecule has 3 amide bonds. The van der Waals surface area contributed by atoms with Crippen molar-refractivity contribution >= 4 is 17.8 Å². The second-order valence-corrected chi connectivity index (χ2v) is 15.8. The Morgan fingerprint density at radius 1 is 1.12 bits per heavy atom. The Labute approximate surface area is 290 Å². The van der Waals surface area contributed by atoms with Gasteiger partial charge in [-0.15, -0.1) is 0 Å². The number of likely N-dealkylation sites (tertiary alicyclic amines) is 1. The number of rotatable bonds is 11. The Morgan fingerprint density at radius 2 is 1.84 bits per heavy atom. The van der Waals surface area contributed by atoms with E-state index < -0.39 is 5.82 Å². The first-order valence-corrected chi connectivity index (χ1v) is 18.0. The highest BCUT2D eigenvalue weighted by molar-refractivity contribution is 5.97. The highest BCUT2D eigenvalue weighted by Crippen LogP contribution is 2.45. The molecule has 4 aliphatic rings. The second kappa shape index (κ2) is 14.0. The fourth-order valence-corrected chi connectivity index (χ4v) is 8.33. The molecule has 1 aromatic carbocycles. The zero-order valence-corrected chi connectivity index (χ0v) is 30.1. The van der Waals surface area contributed by atoms with E-state index in [9.17, 15) is 14.0 Å². The van der Waals surface area contributed by atoms with E-state index in [0.717, 1.165) is 77.8 Å². The molecule has 0 unspecified atom stereocenters. The minimum atomic E-state index is -0.486. The van der Waals surface area contributed by atoms with Crippen LogP contribution in [-0.2, 0) is 4.74 Å². The number of urea groups is 1. The van der Waals surface area contributed by atoms with E-state index in [1.807, 2.05) is 39.5 Å². The Bertz CT molecular complexity index is 1500. The maximum Gasteiger partial charge on any atom is 0.318 e. The Hall–Kier alpha value is -3.51. The molecular formula is C37H54FN7O4. The Kier molecular flexibility index (Phi) is 10.1. The van der Waals surface area contributed by atoms with Gasteiger partial charge >= 0.3 is 6.03 Å². The molecule has 6 rings (SSSR count). The van der Waals surface area contributed by atoms with E-state index in [1.54, 1.807) is 18.2 Å². The van der Waals surface area contributed by atoms with Gasteiger partial charge in [0, 0.05) is 51.3 Å². The molecule has 4 heterocycles. The minimum absolute atomic E-state index is 0.0327. The Balaban J connectivity index is 1.00. The summed E-state index contributed by atoms with van der Waals surface area (Å²) in [6.45, 7) is 16.8. The molecule has 1 N–H and O–H groups in total. The number of anilines is 1. The molecule has 2 spiro atoms. The first kappa shape index (κ1) is 35.3. The molecule has 2 aromatic rings. The van der Waals surface area contributed by atoms with Crippen molar-refractivity contribution in [2.75, 3.05) is 64.4 Å². The van der Waals surface area contributed by atoms with Gasteiger partial charge in [-0.25, -0.2) is 19.2 Å². The summed E-state index contributed by atoms with van der Waals surface area (Å²) in [5.41, 5.74) is -0.0147. The van der Waals surface area contributed by atoms with Gasteiger partial charge in [-0.3, -0.25) is 4.79 Å². The molecule has 3 saturated heterocycles. The van der Waals surface area contributed by atoms with Gasteiger partial charge in [-0.05, 0) is 110 Å². The van der Waals surface area contributed by atoms with E-state index >= 15 is 0 Å². The summed E-state index contributed by atoms with van der Waals surface area (Å²) >= 11 is 0. The third kappa shape index (κ3) is 7.65. The standard InChI is InChI=1S/C37H54FN7O4/c1-7-45(26(2)3)33(46)29-18-28(38)8-9-30(29)49-31-19-39-25-40-32(31)43-22-36(23-43)14-16-42(17-15-36)20-27-10-12-37(13-11-27)24-44(34(47)41-37)21-35(4,5)48-6/h8-9,18-19,25-27H,7,10-17,20-24H2,1-6H3,(H,41,47).